The van der Waals surface area contributed by atoms with Crippen molar-refractivity contribution in [2.24, 2.45) is 5.92 Å². The highest BCUT2D eigenvalue weighted by molar-refractivity contribution is 6.30. The number of nitrogens with one attached hydrogen (secondary N) is 2. The first-order valence-corrected chi connectivity index (χ1v) is 12.6. The molecule has 0 unspecified atom stereocenters. The Labute approximate surface area is 220 Å². The molecule has 0 saturated heterocycles. The van der Waals surface area contributed by atoms with Gasteiger partial charge in [-0.3, -0.25) is 9.59 Å². The van der Waals surface area contributed by atoms with Gasteiger partial charge in [0.1, 0.15) is 11.6 Å². The first-order valence-electron chi connectivity index (χ1n) is 12.2. The Morgan fingerprint density at radius 1 is 1.18 bits per heavy atom. The molecule has 38 heavy (non-hydrogen) atoms. The van der Waals surface area contributed by atoms with Crippen LogP contribution in [-0.2, 0) is 41.7 Å². The third-order valence-corrected chi connectivity index (χ3v) is 7.23. The lowest BCUT2D eigenvalue weighted by atomic mass is 9.81. The van der Waals surface area contributed by atoms with E-state index in [-0.39, 0.29) is 30.0 Å². The number of ether oxygens (including phenoxy) is 1. The first-order chi connectivity index (χ1) is 18.1. The molecule has 1 amide bonds. The third-order valence-electron chi connectivity index (χ3n) is 7.00. The minimum atomic E-state index is -4.87. The van der Waals surface area contributed by atoms with Gasteiger partial charge < -0.3 is 15.0 Å². The molecule has 0 aliphatic heterocycles. The minimum absolute atomic E-state index is 0.109. The van der Waals surface area contributed by atoms with E-state index in [0.717, 1.165) is 17.7 Å². The SMILES string of the molecule is O=C(NCc1ccc(C(F)(F)F)c(-c2nc3c(c(=O)[nH]2)CCC3)c1F)C1CC(OCc2cccc(Cl)c2)C1. The van der Waals surface area contributed by atoms with Crippen molar-refractivity contribution in [3.8, 4) is 11.4 Å². The Hall–Kier alpha value is -3.24. The summed E-state index contributed by atoms with van der Waals surface area (Å²) in [6.07, 6.45) is -2.45. The van der Waals surface area contributed by atoms with E-state index >= 15 is 4.39 Å². The van der Waals surface area contributed by atoms with E-state index in [9.17, 15) is 22.8 Å². The molecular formula is C27H24ClF4N3O3. The van der Waals surface area contributed by atoms with E-state index in [2.05, 4.69) is 15.3 Å². The number of benzene rings is 2. The number of hydrogen-bond acceptors (Lipinski definition) is 4. The van der Waals surface area contributed by atoms with Crippen molar-refractivity contribution in [3.05, 3.63) is 85.5 Å². The summed E-state index contributed by atoms with van der Waals surface area (Å²) < 4.78 is 62.5. The van der Waals surface area contributed by atoms with Gasteiger partial charge in [0.05, 0.1) is 29.5 Å². The van der Waals surface area contributed by atoms with Crippen molar-refractivity contribution in [1.82, 2.24) is 15.3 Å². The van der Waals surface area contributed by atoms with Gasteiger partial charge >= 0.3 is 6.18 Å². The number of aromatic amines is 1. The zero-order valence-corrected chi connectivity index (χ0v) is 20.9. The average Bonchev–Trinajstić information content (AvgIpc) is 3.31. The number of carbonyl (C=O) groups excluding carboxylic acids is 1. The zero-order chi connectivity index (χ0) is 27.0. The molecule has 1 saturated carbocycles. The maximum Gasteiger partial charge on any atom is 0.417 e. The van der Waals surface area contributed by atoms with Gasteiger partial charge in [-0.15, -0.1) is 0 Å². The highest BCUT2D eigenvalue weighted by Crippen LogP contribution is 2.39. The lowest BCUT2D eigenvalue weighted by Gasteiger charge is -2.34. The highest BCUT2D eigenvalue weighted by atomic mass is 35.5. The summed E-state index contributed by atoms with van der Waals surface area (Å²) in [4.78, 5) is 31.4. The highest BCUT2D eigenvalue weighted by Gasteiger charge is 2.38. The minimum Gasteiger partial charge on any atom is -0.373 e. The summed E-state index contributed by atoms with van der Waals surface area (Å²) >= 11 is 5.96. The molecule has 11 heteroatoms. The van der Waals surface area contributed by atoms with E-state index in [1.54, 1.807) is 12.1 Å². The molecule has 1 heterocycles. The maximum absolute atomic E-state index is 15.5. The Balaban J connectivity index is 1.26. The van der Waals surface area contributed by atoms with Crippen molar-refractivity contribution in [2.75, 3.05) is 0 Å². The molecule has 0 spiro atoms. The summed E-state index contributed by atoms with van der Waals surface area (Å²) in [5, 5.41) is 3.21. The van der Waals surface area contributed by atoms with Gasteiger partial charge in [-0.25, -0.2) is 9.37 Å². The second-order valence-electron chi connectivity index (χ2n) is 9.60. The molecule has 0 bridgehead atoms. The van der Waals surface area contributed by atoms with Gasteiger partial charge in [-0.2, -0.15) is 13.2 Å². The number of aryl methyl sites for hydroxylation is 1. The Bertz CT molecular complexity index is 1430. The monoisotopic (exact) mass is 549 g/mol. The fraction of sp³-hybridized carbons (Fsp3) is 0.370. The molecule has 2 aliphatic rings. The van der Waals surface area contributed by atoms with Crippen molar-refractivity contribution in [2.45, 2.75) is 57.5 Å². The van der Waals surface area contributed by atoms with Crippen LogP contribution in [0.1, 0.15) is 47.2 Å². The topological polar surface area (TPSA) is 84.1 Å². The molecule has 6 nitrogen and oxygen atoms in total. The summed E-state index contributed by atoms with van der Waals surface area (Å²) in [6.45, 7) is 0.0491. The number of nitrogens with zero attached hydrogens (tertiary/aromatic N) is 1. The third kappa shape index (κ3) is 5.47. The van der Waals surface area contributed by atoms with Gasteiger partial charge in [0.25, 0.3) is 5.56 Å². The fourth-order valence-electron chi connectivity index (χ4n) is 4.87. The van der Waals surface area contributed by atoms with Crippen LogP contribution in [0.2, 0.25) is 5.02 Å². The number of hydrogen-bond donors (Lipinski definition) is 2. The largest absolute Gasteiger partial charge is 0.417 e. The van der Waals surface area contributed by atoms with Crippen molar-refractivity contribution in [1.29, 1.82) is 0 Å². The Kier molecular flexibility index (Phi) is 7.28. The lowest BCUT2D eigenvalue weighted by Crippen LogP contribution is -2.42. The van der Waals surface area contributed by atoms with Crippen LogP contribution in [-0.4, -0.2) is 22.0 Å². The normalized spacial score (nSPS) is 18.7. The summed E-state index contributed by atoms with van der Waals surface area (Å²) in [6, 6.07) is 9.00. The number of H-pyrrole nitrogens is 1. The van der Waals surface area contributed by atoms with Gasteiger partial charge in [-0.1, -0.05) is 29.8 Å². The second-order valence-corrected chi connectivity index (χ2v) is 10.0. The van der Waals surface area contributed by atoms with Gasteiger partial charge in [0, 0.05) is 28.6 Å². The summed E-state index contributed by atoms with van der Waals surface area (Å²) in [7, 11) is 0. The Morgan fingerprint density at radius 3 is 2.71 bits per heavy atom. The Morgan fingerprint density at radius 2 is 1.97 bits per heavy atom. The van der Waals surface area contributed by atoms with Crippen molar-refractivity contribution >= 4 is 17.5 Å². The smallest absolute Gasteiger partial charge is 0.373 e. The van der Waals surface area contributed by atoms with Crippen molar-refractivity contribution in [3.63, 3.8) is 0 Å². The summed E-state index contributed by atoms with van der Waals surface area (Å²) in [5.74, 6) is -2.33. The van der Waals surface area contributed by atoms with Gasteiger partial charge in [0.2, 0.25) is 5.91 Å². The molecular weight excluding hydrogens is 526 g/mol. The van der Waals surface area contributed by atoms with E-state index in [1.165, 1.54) is 0 Å². The van der Waals surface area contributed by atoms with Crippen LogP contribution in [0, 0.1) is 11.7 Å². The molecule has 1 fully saturated rings. The maximum atomic E-state index is 15.5. The number of alkyl halides is 3. The molecule has 2 aromatic carbocycles. The standard InChI is InChI=1S/C27H24ClF4N3O3/c28-17-4-1-3-14(9-17)13-38-18-10-16(11-18)25(36)33-12-15-7-8-20(27(30,31)32)22(23(15)29)24-34-21-6-2-5-19(21)26(37)35-24/h1,3-4,7-9,16,18H,2,5-6,10-13H2,(H,33,36)(H,34,35,37). The molecule has 3 aromatic rings. The molecule has 0 atom stereocenters. The quantitative estimate of drug-likeness (QED) is 0.389. The van der Waals surface area contributed by atoms with Crippen molar-refractivity contribution < 1.29 is 27.1 Å². The lowest BCUT2D eigenvalue weighted by molar-refractivity contribution is -0.137. The predicted molar refractivity (Wildman–Crippen MR) is 132 cm³/mol. The van der Waals surface area contributed by atoms with Crippen LogP contribution in [0.4, 0.5) is 17.6 Å². The van der Waals surface area contributed by atoms with Crippen LogP contribution >= 0.6 is 11.6 Å². The molecule has 0 radical (unpaired) electrons. The molecule has 1 aromatic heterocycles. The van der Waals surface area contributed by atoms with Gasteiger partial charge in [-0.05, 0) is 55.9 Å². The summed E-state index contributed by atoms with van der Waals surface area (Å²) in [5.41, 5.74) is -1.06. The average molecular weight is 550 g/mol. The van der Waals surface area contributed by atoms with E-state index in [1.807, 2.05) is 12.1 Å². The zero-order valence-electron chi connectivity index (χ0n) is 20.1. The first kappa shape index (κ1) is 26.4. The van der Waals surface area contributed by atoms with E-state index in [4.69, 9.17) is 16.3 Å². The van der Waals surface area contributed by atoms with E-state index in [0.29, 0.717) is 55.0 Å². The number of carbonyl (C=O) groups is 1. The van der Waals surface area contributed by atoms with Crippen LogP contribution in [0.5, 0.6) is 0 Å². The molecule has 2 N–H and O–H groups in total. The number of rotatable bonds is 7. The van der Waals surface area contributed by atoms with Crippen LogP contribution in [0.3, 0.4) is 0 Å². The second kappa shape index (κ2) is 10.5. The van der Waals surface area contributed by atoms with Crippen LogP contribution in [0.15, 0.2) is 41.2 Å². The van der Waals surface area contributed by atoms with Gasteiger partial charge in [0.15, 0.2) is 0 Å². The fourth-order valence-corrected chi connectivity index (χ4v) is 5.08. The number of aromatic nitrogens is 2. The number of halogens is 5. The van der Waals surface area contributed by atoms with Crippen LogP contribution < -0.4 is 10.9 Å². The number of amides is 1. The van der Waals surface area contributed by atoms with Crippen LogP contribution in [0.25, 0.3) is 11.4 Å². The molecule has 2 aliphatic carbocycles. The molecule has 200 valence electrons. The predicted octanol–water partition coefficient (Wildman–Crippen LogP) is 5.35. The van der Waals surface area contributed by atoms with E-state index < -0.39 is 34.5 Å². The molecule has 5 rings (SSSR count). The number of fused-ring (bicyclic) bond motifs is 1.